The van der Waals surface area contributed by atoms with E-state index in [2.05, 4.69) is 22.0 Å². The van der Waals surface area contributed by atoms with Gasteiger partial charge >= 0.3 is 0 Å². The minimum Gasteiger partial charge on any atom is -0.180 e. The zero-order valence-corrected chi connectivity index (χ0v) is 14.8. The zero-order chi connectivity index (χ0) is 5.82. The summed E-state index contributed by atoms with van der Waals surface area (Å²) >= 11 is 3.33. The number of rotatable bonds is 1. The molecule has 0 saturated carbocycles. The van der Waals surface area contributed by atoms with Crippen molar-refractivity contribution in [3.8, 4) is 0 Å². The van der Waals surface area contributed by atoms with E-state index < -0.39 is 0 Å². The van der Waals surface area contributed by atoms with Crippen LogP contribution in [0.4, 0.5) is 0 Å². The summed E-state index contributed by atoms with van der Waals surface area (Å²) in [7, 11) is 0. The van der Waals surface area contributed by atoms with Gasteiger partial charge in [-0.3, -0.25) is 0 Å². The molecule has 0 amide bonds. The number of hydrogen-bond donors (Lipinski definition) is 0. The fourth-order valence-corrected chi connectivity index (χ4v) is 0.862. The molecule has 0 atom stereocenters. The Kier molecular flexibility index (Phi) is 9.53. The Morgan fingerprint density at radius 1 is 1.18 bits per heavy atom. The van der Waals surface area contributed by atoms with E-state index >= 15 is 0 Å². The second kappa shape index (κ2) is 6.70. The average molecular weight is 923 g/mol. The fraction of sp³-hybridized carbons (Fsp3) is 0.143. The Hall–Kier alpha value is -3.30. The molecule has 0 saturated heterocycles. The van der Waals surface area contributed by atoms with Crippen LogP contribution in [-0.4, -0.2) is 0 Å². The van der Waals surface area contributed by atoms with Crippen LogP contribution in [0, 0.1) is 6.07 Å². The van der Waals surface area contributed by atoms with Gasteiger partial charge in [-0.1, -0.05) is 15.9 Å². The topological polar surface area (TPSA) is 0 Å². The van der Waals surface area contributed by atoms with Crippen molar-refractivity contribution in [2.24, 2.45) is 0 Å². The van der Waals surface area contributed by atoms with Gasteiger partial charge in [0.15, 0.2) is 0 Å². The van der Waals surface area contributed by atoms with Crippen LogP contribution < -0.4 is 0 Å². The first-order valence-corrected chi connectivity index (χ1v) is 3.57. The predicted molar refractivity (Wildman–Crippen MR) is 37.9 cm³/mol. The Morgan fingerprint density at radius 3 is 2.09 bits per heavy atom. The first-order valence-electron chi connectivity index (χ1n) is 2.45. The summed E-state index contributed by atoms with van der Waals surface area (Å²) < 4.78 is 0. The van der Waals surface area contributed by atoms with E-state index in [-0.39, 0.29) is 0 Å². The first-order chi connectivity index (χ1) is 3.93. The van der Waals surface area contributed by atoms with E-state index in [0.717, 1.165) is 5.33 Å². The first kappa shape index (κ1) is 15.6. The van der Waals surface area contributed by atoms with Gasteiger partial charge in [-0.25, -0.2) is 0 Å². The van der Waals surface area contributed by atoms with Crippen molar-refractivity contribution < 1.29 is 0 Å². The van der Waals surface area contributed by atoms with E-state index in [9.17, 15) is 0 Å². The molecule has 0 nitrogen and oxygen atoms in total. The second-order valence-corrected chi connectivity index (χ2v) is 2.08. The molecule has 0 aliphatic heterocycles. The molecular weight excluding hydrogens is 917 g/mol. The van der Waals surface area contributed by atoms with Crippen molar-refractivity contribution in [1.29, 1.82) is 0 Å². The van der Waals surface area contributed by atoms with Crippen LogP contribution in [0.5, 0.6) is 0 Å². The summed E-state index contributed by atoms with van der Waals surface area (Å²) in [5, 5.41) is 0.897. The van der Waals surface area contributed by atoms with Gasteiger partial charge in [0.05, 0.1) is 0 Å². The molecule has 0 unspecified atom stereocenters. The van der Waals surface area contributed by atoms with Gasteiger partial charge in [0.2, 0.25) is 0 Å². The van der Waals surface area contributed by atoms with E-state index in [0.29, 0.717) is 0 Å². The molecular formula is C7H6BrCf3-. The molecule has 0 radical (unpaired) electrons. The van der Waals surface area contributed by atoms with Crippen molar-refractivity contribution >= 4 is 15.9 Å². The van der Waals surface area contributed by atoms with E-state index in [4.69, 9.17) is 0 Å². The normalized spacial score (nSPS) is 6.64. The SMILES string of the molecule is BrCc1[c-]cccc1.[Cf].[Cf].[Cf]. The second-order valence-electron chi connectivity index (χ2n) is 1.52. The molecule has 0 fully saturated rings. The third-order valence-electron chi connectivity index (χ3n) is 0.917. The van der Waals surface area contributed by atoms with Gasteiger partial charge < -0.3 is 0 Å². The van der Waals surface area contributed by atoms with Gasteiger partial charge in [-0.15, -0.1) is 0 Å². The van der Waals surface area contributed by atoms with Crippen LogP contribution in [0.2, 0.25) is 0 Å². The minimum atomic E-state index is 0. The largest absolute Gasteiger partial charge is 0.180 e. The van der Waals surface area contributed by atoms with Crippen LogP contribution in [-0.2, 0) is 5.33 Å². The van der Waals surface area contributed by atoms with Gasteiger partial charge in [0.1, 0.15) is 0 Å². The third kappa shape index (κ3) is 3.30. The molecule has 4 heteroatoms. The monoisotopic (exact) mass is 916 g/mol. The molecule has 0 aliphatic rings. The van der Waals surface area contributed by atoms with Crippen molar-refractivity contribution in [3.63, 3.8) is 0 Å². The van der Waals surface area contributed by atoms with Crippen LogP contribution in [0.1, 0.15) is 5.56 Å². The van der Waals surface area contributed by atoms with Crippen LogP contribution >= 0.6 is 15.9 Å². The fourth-order valence-electron chi connectivity index (χ4n) is 0.514. The molecule has 1 aromatic carbocycles. The van der Waals surface area contributed by atoms with E-state index in [1.54, 1.807) is 0 Å². The van der Waals surface area contributed by atoms with Crippen molar-refractivity contribution in [3.05, 3.63) is 35.9 Å². The van der Waals surface area contributed by atoms with Crippen molar-refractivity contribution in [2.45, 2.75) is 5.33 Å². The summed E-state index contributed by atoms with van der Waals surface area (Å²) in [6, 6.07) is 11.0. The zero-order valence-electron chi connectivity index (χ0n) is 5.34. The molecule has 0 bridgehead atoms. The quantitative estimate of drug-likeness (QED) is 0.301. The average Bonchev–Trinajstić information content (AvgIpc) is 1.90. The minimum absolute atomic E-state index is 0. The standard InChI is InChI=1S/C7H6Br.3Cf/c8-6-7-4-2-1-3-5-7;;;/h1-4H,6H2;;;/q-1;;;. The predicted octanol–water partition coefficient (Wildman–Crippen LogP) is 2.38. The smallest absolute Gasteiger partial charge is 0.00563 e. The molecule has 0 aromatic heterocycles. The molecule has 0 heterocycles. The number of halogens is 1. The summed E-state index contributed by atoms with van der Waals surface area (Å²) in [6.07, 6.45) is 0. The number of alkyl halides is 1. The Labute approximate surface area is 57.7 Å². The van der Waals surface area contributed by atoms with Crippen LogP contribution in [0.15, 0.2) is 24.3 Å². The molecule has 1 rings (SSSR count). The van der Waals surface area contributed by atoms with Gasteiger partial charge in [0.25, 0.3) is 0 Å². The third-order valence-corrected chi connectivity index (χ3v) is 1.52. The molecule has 11 heavy (non-hydrogen) atoms. The molecule has 0 aliphatic carbocycles. The Morgan fingerprint density at radius 2 is 1.82 bits per heavy atom. The number of hydrogen-bond acceptors (Lipinski definition) is 0. The Balaban J connectivity index is -0.000000213. The van der Waals surface area contributed by atoms with Crippen molar-refractivity contribution in [1.82, 2.24) is 0 Å². The number of benzene rings is 1. The molecule has 0 N–H and O–H groups in total. The maximum Gasteiger partial charge on any atom is 0.00563 e. The summed E-state index contributed by atoms with van der Waals surface area (Å²) in [6.45, 7) is 0. The maximum atomic E-state index is 3.33. The van der Waals surface area contributed by atoms with Crippen LogP contribution in [0.3, 0.4) is 0 Å². The van der Waals surface area contributed by atoms with E-state index in [1.807, 2.05) is 24.3 Å². The summed E-state index contributed by atoms with van der Waals surface area (Å²) in [4.78, 5) is 0. The maximum absolute atomic E-state index is 3.33. The van der Waals surface area contributed by atoms with Gasteiger partial charge in [-0.2, -0.15) is 35.9 Å². The van der Waals surface area contributed by atoms with E-state index in [1.165, 1.54) is 5.56 Å². The summed E-state index contributed by atoms with van der Waals surface area (Å²) in [5.41, 5.74) is 1.20. The molecule has 72 valence electrons. The molecule has 0 spiro atoms. The summed E-state index contributed by atoms with van der Waals surface area (Å²) in [5.74, 6) is 0. The van der Waals surface area contributed by atoms with Crippen molar-refractivity contribution in [2.75, 3.05) is 0 Å². The van der Waals surface area contributed by atoms with Crippen LogP contribution in [0.25, 0.3) is 0 Å². The molecule has 1 aromatic rings. The Bertz CT molecular complexity index is 155. The van der Waals surface area contributed by atoms with Gasteiger partial charge in [0, 0.05) is 5.33 Å². The van der Waals surface area contributed by atoms with Gasteiger partial charge in [-0.05, 0) is 0 Å².